The zero-order valence-corrected chi connectivity index (χ0v) is 12.8. The van der Waals surface area contributed by atoms with E-state index in [0.717, 1.165) is 0 Å². The second-order valence-corrected chi connectivity index (χ2v) is 5.28. The lowest BCUT2D eigenvalue weighted by atomic mass is 10.2. The van der Waals surface area contributed by atoms with Gasteiger partial charge < -0.3 is 15.7 Å². The molecular formula is C15H12Cl2N2O3. The van der Waals surface area contributed by atoms with E-state index in [1.54, 1.807) is 24.3 Å². The highest BCUT2D eigenvalue weighted by atomic mass is 35.5. The summed E-state index contributed by atoms with van der Waals surface area (Å²) in [6.45, 7) is -0.0358. The third kappa shape index (κ3) is 4.38. The molecule has 0 fully saturated rings. The second-order valence-electron chi connectivity index (χ2n) is 4.41. The maximum absolute atomic E-state index is 11.9. The highest BCUT2D eigenvalue weighted by Gasteiger charge is 2.13. The normalized spacial score (nSPS) is 10.1. The maximum atomic E-state index is 11.9. The molecule has 0 aliphatic rings. The van der Waals surface area contributed by atoms with E-state index in [-0.39, 0.29) is 17.8 Å². The van der Waals surface area contributed by atoms with Crippen LogP contribution in [0.3, 0.4) is 0 Å². The van der Waals surface area contributed by atoms with Crippen LogP contribution in [0.1, 0.15) is 10.4 Å². The number of carboxylic acids is 1. The lowest BCUT2D eigenvalue weighted by molar-refractivity contribution is -0.114. The van der Waals surface area contributed by atoms with Gasteiger partial charge in [-0.25, -0.2) is 4.79 Å². The third-order valence-corrected chi connectivity index (χ3v) is 3.23. The number of carbonyl (C=O) groups is 2. The van der Waals surface area contributed by atoms with Crippen LogP contribution in [-0.2, 0) is 4.79 Å². The predicted octanol–water partition coefficient (Wildman–Crippen LogP) is 3.74. The topological polar surface area (TPSA) is 78.4 Å². The average molecular weight is 339 g/mol. The number of rotatable bonds is 5. The number of hydrogen-bond donors (Lipinski definition) is 3. The van der Waals surface area contributed by atoms with Crippen molar-refractivity contribution in [2.24, 2.45) is 0 Å². The Labute approximate surface area is 136 Å². The van der Waals surface area contributed by atoms with Crippen molar-refractivity contribution >= 4 is 46.5 Å². The molecule has 5 nitrogen and oxygen atoms in total. The predicted molar refractivity (Wildman–Crippen MR) is 87.0 cm³/mol. The minimum absolute atomic E-state index is 0.0273. The summed E-state index contributed by atoms with van der Waals surface area (Å²) in [6.07, 6.45) is 0. The van der Waals surface area contributed by atoms with Crippen molar-refractivity contribution < 1.29 is 14.7 Å². The number of carboxylic acid groups (broad SMARTS) is 1. The average Bonchev–Trinajstić information content (AvgIpc) is 2.45. The summed E-state index contributed by atoms with van der Waals surface area (Å²) < 4.78 is 0. The first-order valence-electron chi connectivity index (χ1n) is 6.28. The first-order chi connectivity index (χ1) is 10.5. The standard InChI is InChI=1S/C15H12Cl2N2O3/c16-9-2-1-3-11(6-9)18-8-14(20)19-13-7-10(17)4-5-12(13)15(21)22/h1-7,18H,8H2,(H,19,20)(H,21,22). The number of anilines is 2. The molecule has 22 heavy (non-hydrogen) atoms. The van der Waals surface area contributed by atoms with Crippen molar-refractivity contribution in [1.82, 2.24) is 0 Å². The van der Waals surface area contributed by atoms with E-state index in [1.165, 1.54) is 18.2 Å². The highest BCUT2D eigenvalue weighted by molar-refractivity contribution is 6.31. The molecule has 0 bridgehead atoms. The van der Waals surface area contributed by atoms with Crippen LogP contribution in [0.25, 0.3) is 0 Å². The Morgan fingerprint density at radius 2 is 1.77 bits per heavy atom. The number of hydrogen-bond acceptors (Lipinski definition) is 3. The van der Waals surface area contributed by atoms with Crippen LogP contribution in [0.15, 0.2) is 42.5 Å². The summed E-state index contributed by atoms with van der Waals surface area (Å²) in [5, 5.41) is 15.4. The molecule has 0 unspecified atom stereocenters. The largest absolute Gasteiger partial charge is 0.478 e. The summed E-state index contributed by atoms with van der Waals surface area (Å²) in [5.74, 6) is -1.54. The number of benzene rings is 2. The minimum atomic E-state index is -1.14. The summed E-state index contributed by atoms with van der Waals surface area (Å²) in [4.78, 5) is 23.0. The van der Waals surface area contributed by atoms with Gasteiger partial charge in [-0.05, 0) is 36.4 Å². The first-order valence-corrected chi connectivity index (χ1v) is 7.03. The monoisotopic (exact) mass is 338 g/mol. The molecule has 0 aliphatic heterocycles. The molecule has 0 atom stereocenters. The van der Waals surface area contributed by atoms with Gasteiger partial charge in [-0.3, -0.25) is 4.79 Å². The van der Waals surface area contributed by atoms with Crippen LogP contribution >= 0.6 is 23.2 Å². The molecule has 0 saturated heterocycles. The Balaban J connectivity index is 2.03. The van der Waals surface area contributed by atoms with Gasteiger partial charge in [0.15, 0.2) is 0 Å². The molecule has 0 aliphatic carbocycles. The third-order valence-electron chi connectivity index (χ3n) is 2.76. The molecule has 1 amide bonds. The molecule has 2 aromatic rings. The molecular weight excluding hydrogens is 327 g/mol. The van der Waals surface area contributed by atoms with E-state index in [0.29, 0.717) is 15.7 Å². The fourth-order valence-corrected chi connectivity index (χ4v) is 2.14. The number of carbonyl (C=O) groups excluding carboxylic acids is 1. The molecule has 7 heteroatoms. The molecule has 3 N–H and O–H groups in total. The smallest absolute Gasteiger partial charge is 0.337 e. The van der Waals surface area contributed by atoms with E-state index in [2.05, 4.69) is 10.6 Å². The quantitative estimate of drug-likeness (QED) is 0.775. The van der Waals surface area contributed by atoms with Crippen LogP contribution < -0.4 is 10.6 Å². The van der Waals surface area contributed by atoms with Crippen LogP contribution in [0.2, 0.25) is 10.0 Å². The van der Waals surface area contributed by atoms with Crippen LogP contribution in [0.4, 0.5) is 11.4 Å². The van der Waals surface area contributed by atoms with E-state index in [1.807, 2.05) is 0 Å². The molecule has 0 heterocycles. The van der Waals surface area contributed by atoms with Crippen LogP contribution in [-0.4, -0.2) is 23.5 Å². The Morgan fingerprint density at radius 1 is 1.05 bits per heavy atom. The van der Waals surface area contributed by atoms with E-state index in [4.69, 9.17) is 28.3 Å². The number of nitrogens with one attached hydrogen (secondary N) is 2. The maximum Gasteiger partial charge on any atom is 0.337 e. The van der Waals surface area contributed by atoms with Crippen LogP contribution in [0.5, 0.6) is 0 Å². The van der Waals surface area contributed by atoms with Gasteiger partial charge in [0.05, 0.1) is 17.8 Å². The Hall–Kier alpha value is -2.24. The molecule has 2 aromatic carbocycles. The second kappa shape index (κ2) is 7.15. The van der Waals surface area contributed by atoms with Gasteiger partial charge in [-0.2, -0.15) is 0 Å². The van der Waals surface area contributed by atoms with Gasteiger partial charge in [0.25, 0.3) is 0 Å². The minimum Gasteiger partial charge on any atom is -0.478 e. The molecule has 114 valence electrons. The number of aromatic carboxylic acids is 1. The molecule has 2 rings (SSSR count). The molecule has 0 saturated carbocycles. The van der Waals surface area contributed by atoms with Gasteiger partial charge in [0.1, 0.15) is 0 Å². The summed E-state index contributed by atoms with van der Waals surface area (Å²) >= 11 is 11.7. The van der Waals surface area contributed by atoms with Gasteiger partial charge in [-0.15, -0.1) is 0 Å². The number of amides is 1. The SMILES string of the molecule is O=C(CNc1cccc(Cl)c1)Nc1cc(Cl)ccc1C(=O)O. The Morgan fingerprint density at radius 3 is 2.45 bits per heavy atom. The molecule has 0 radical (unpaired) electrons. The van der Waals surface area contributed by atoms with Gasteiger partial charge in [0.2, 0.25) is 5.91 Å². The van der Waals surface area contributed by atoms with E-state index >= 15 is 0 Å². The Bertz CT molecular complexity index is 720. The van der Waals surface area contributed by atoms with Crippen molar-refractivity contribution in [2.45, 2.75) is 0 Å². The highest BCUT2D eigenvalue weighted by Crippen LogP contribution is 2.21. The summed E-state index contributed by atoms with van der Waals surface area (Å²) in [5.41, 5.74) is 0.811. The zero-order valence-electron chi connectivity index (χ0n) is 11.3. The molecule has 0 spiro atoms. The lowest BCUT2D eigenvalue weighted by Gasteiger charge is -2.10. The first kappa shape index (κ1) is 16.1. The van der Waals surface area contributed by atoms with Crippen molar-refractivity contribution in [3.8, 4) is 0 Å². The molecule has 0 aromatic heterocycles. The van der Waals surface area contributed by atoms with Crippen molar-refractivity contribution in [3.63, 3.8) is 0 Å². The van der Waals surface area contributed by atoms with E-state index < -0.39 is 11.9 Å². The number of halogens is 2. The van der Waals surface area contributed by atoms with Crippen LogP contribution in [0, 0.1) is 0 Å². The van der Waals surface area contributed by atoms with Crippen molar-refractivity contribution in [1.29, 1.82) is 0 Å². The fraction of sp³-hybridized carbons (Fsp3) is 0.0667. The zero-order chi connectivity index (χ0) is 16.1. The van der Waals surface area contributed by atoms with Gasteiger partial charge in [0, 0.05) is 15.7 Å². The summed E-state index contributed by atoms with van der Waals surface area (Å²) in [7, 11) is 0. The fourth-order valence-electron chi connectivity index (χ4n) is 1.78. The van der Waals surface area contributed by atoms with Gasteiger partial charge >= 0.3 is 5.97 Å². The summed E-state index contributed by atoms with van der Waals surface area (Å²) in [6, 6.07) is 11.1. The van der Waals surface area contributed by atoms with Gasteiger partial charge in [-0.1, -0.05) is 29.3 Å². The van der Waals surface area contributed by atoms with Crippen molar-refractivity contribution in [2.75, 3.05) is 17.2 Å². The lowest BCUT2D eigenvalue weighted by Crippen LogP contribution is -2.23. The van der Waals surface area contributed by atoms with E-state index in [9.17, 15) is 9.59 Å². The van der Waals surface area contributed by atoms with Crippen molar-refractivity contribution in [3.05, 3.63) is 58.1 Å². The Kier molecular flexibility index (Phi) is 5.25.